The van der Waals surface area contributed by atoms with Crippen LogP contribution < -0.4 is 4.74 Å². The molecule has 5 nitrogen and oxygen atoms in total. The lowest BCUT2D eigenvalue weighted by molar-refractivity contribution is -0.300. The molecule has 114 valence electrons. The Bertz CT molecular complexity index is 526. The lowest BCUT2D eigenvalue weighted by Gasteiger charge is -2.26. The molecule has 0 saturated carbocycles. The highest BCUT2D eigenvalue weighted by molar-refractivity contribution is 5.70. The summed E-state index contributed by atoms with van der Waals surface area (Å²) in [5, 5.41) is 10.1. The first-order chi connectivity index (χ1) is 10.0. The van der Waals surface area contributed by atoms with E-state index in [-0.39, 0.29) is 0 Å². The minimum absolute atomic E-state index is 0.377. The van der Waals surface area contributed by atoms with Gasteiger partial charge in [0.2, 0.25) is 0 Å². The summed E-state index contributed by atoms with van der Waals surface area (Å²) in [6.45, 7) is 7.89. The van der Waals surface area contributed by atoms with Crippen molar-refractivity contribution in [2.45, 2.75) is 0 Å². The Morgan fingerprint density at radius 1 is 1.33 bits per heavy atom. The average Bonchev–Trinajstić information content (AvgIpc) is 2.51. The Morgan fingerprint density at radius 3 is 2.57 bits per heavy atom. The smallest absolute Gasteiger partial charge is 0.128 e. The number of hydrogen-bond acceptors (Lipinski definition) is 5. The third-order valence-corrected chi connectivity index (χ3v) is 2.93. The van der Waals surface area contributed by atoms with Crippen LogP contribution in [0.4, 0.5) is 0 Å². The number of hydrogen-bond donors (Lipinski definition) is 1. The van der Waals surface area contributed by atoms with E-state index in [4.69, 9.17) is 9.57 Å². The van der Waals surface area contributed by atoms with Gasteiger partial charge in [0.25, 0.3) is 0 Å². The van der Waals surface area contributed by atoms with Crippen LogP contribution in [0, 0.1) is 0 Å². The highest BCUT2D eigenvalue weighted by Gasteiger charge is 2.14. The van der Waals surface area contributed by atoms with Gasteiger partial charge in [-0.25, -0.2) is 0 Å². The maximum atomic E-state index is 9.48. The molecule has 0 spiro atoms. The van der Waals surface area contributed by atoms with Crippen molar-refractivity contribution in [2.75, 3.05) is 27.8 Å². The second-order valence-electron chi connectivity index (χ2n) is 4.37. The number of benzene rings is 1. The van der Waals surface area contributed by atoms with Gasteiger partial charge in [0, 0.05) is 18.3 Å². The molecule has 1 rings (SSSR count). The van der Waals surface area contributed by atoms with Crippen LogP contribution >= 0.6 is 0 Å². The molecule has 1 aromatic rings. The predicted octanol–water partition coefficient (Wildman–Crippen LogP) is 2.92. The molecule has 1 aromatic carbocycles. The molecule has 0 amide bonds. The molecule has 0 aliphatic carbocycles. The Morgan fingerprint density at radius 2 is 2.00 bits per heavy atom. The Hall–Kier alpha value is -2.24. The van der Waals surface area contributed by atoms with Crippen LogP contribution in [0.5, 0.6) is 5.75 Å². The molecule has 21 heavy (non-hydrogen) atoms. The molecule has 0 aromatic heterocycles. The largest absolute Gasteiger partial charge is 0.496 e. The van der Waals surface area contributed by atoms with Crippen LogP contribution in [0.15, 0.2) is 55.3 Å². The van der Waals surface area contributed by atoms with Crippen LogP contribution in [0.2, 0.25) is 0 Å². The summed E-state index contributed by atoms with van der Waals surface area (Å²) < 4.78 is 5.39. The second kappa shape index (κ2) is 8.14. The van der Waals surface area contributed by atoms with E-state index >= 15 is 0 Å². The fourth-order valence-electron chi connectivity index (χ4n) is 1.94. The van der Waals surface area contributed by atoms with Crippen LogP contribution in [0.25, 0.3) is 5.70 Å². The number of ether oxygens (including phenoxy) is 1. The van der Waals surface area contributed by atoms with Gasteiger partial charge in [-0.1, -0.05) is 31.4 Å². The van der Waals surface area contributed by atoms with E-state index in [2.05, 4.69) is 13.2 Å². The van der Waals surface area contributed by atoms with Crippen molar-refractivity contribution in [1.29, 1.82) is 0 Å². The van der Waals surface area contributed by atoms with Crippen LogP contribution in [-0.2, 0) is 4.84 Å². The van der Waals surface area contributed by atoms with Crippen molar-refractivity contribution >= 4 is 5.70 Å². The summed E-state index contributed by atoms with van der Waals surface area (Å²) in [7, 11) is 4.88. The Balaban J connectivity index is 3.05. The first-order valence-electron chi connectivity index (χ1n) is 6.43. The highest BCUT2D eigenvalue weighted by Crippen LogP contribution is 2.28. The van der Waals surface area contributed by atoms with E-state index in [0.717, 1.165) is 17.0 Å². The van der Waals surface area contributed by atoms with Crippen LogP contribution in [0.3, 0.4) is 0 Å². The number of para-hydroxylation sites is 1. The van der Waals surface area contributed by atoms with E-state index in [1.54, 1.807) is 13.2 Å². The summed E-state index contributed by atoms with van der Waals surface area (Å²) >= 11 is 0. The first kappa shape index (κ1) is 16.8. The zero-order valence-electron chi connectivity index (χ0n) is 12.7. The topological polar surface area (TPSA) is 45.2 Å². The van der Waals surface area contributed by atoms with E-state index < -0.39 is 0 Å². The molecule has 0 unspecified atom stereocenters. The van der Waals surface area contributed by atoms with Gasteiger partial charge in [0.1, 0.15) is 5.75 Å². The minimum Gasteiger partial charge on any atom is -0.496 e. The molecular weight excluding hydrogens is 268 g/mol. The van der Waals surface area contributed by atoms with Crippen molar-refractivity contribution < 1.29 is 14.8 Å². The second-order valence-corrected chi connectivity index (χ2v) is 4.37. The molecule has 0 bridgehead atoms. The normalized spacial score (nSPS) is 11.0. The molecule has 5 heteroatoms. The molecule has 1 N–H and O–H groups in total. The molecular formula is C16H22N2O3. The van der Waals surface area contributed by atoms with Crippen molar-refractivity contribution in [2.24, 2.45) is 0 Å². The standard InChI is InChI=1S/C16H22N2O3/c1-6-9-15(14-10-7-8-11-16(14)20-4)17(3)12-13(2)18(19)21-5/h6-11,19H,1-2,12H2,3-5H3/b15-9-. The fraction of sp³-hybridized carbons (Fsp3) is 0.250. The van der Waals surface area contributed by atoms with Gasteiger partial charge < -0.3 is 9.64 Å². The maximum absolute atomic E-state index is 9.48. The predicted molar refractivity (Wildman–Crippen MR) is 83.6 cm³/mol. The quantitative estimate of drug-likeness (QED) is 0.589. The lowest BCUT2D eigenvalue weighted by atomic mass is 10.1. The van der Waals surface area contributed by atoms with Crippen molar-refractivity contribution in [3.63, 3.8) is 0 Å². The van der Waals surface area contributed by atoms with E-state index in [1.165, 1.54) is 7.11 Å². The SMILES string of the molecule is C=C/C=C(/c1ccccc1OC)N(C)CC(=C)N(O)OC. The van der Waals surface area contributed by atoms with Gasteiger partial charge in [0.05, 0.1) is 26.5 Å². The molecule has 0 saturated heterocycles. The van der Waals surface area contributed by atoms with Gasteiger partial charge in [-0.3, -0.25) is 10.0 Å². The third-order valence-electron chi connectivity index (χ3n) is 2.93. The van der Waals surface area contributed by atoms with Gasteiger partial charge in [0.15, 0.2) is 0 Å². The summed E-state index contributed by atoms with van der Waals surface area (Å²) in [5.74, 6) is 0.760. The summed E-state index contributed by atoms with van der Waals surface area (Å²) in [6, 6.07) is 7.70. The molecule has 0 aliphatic rings. The number of nitrogens with zero attached hydrogens (tertiary/aromatic N) is 2. The van der Waals surface area contributed by atoms with Gasteiger partial charge in [-0.2, -0.15) is 0 Å². The maximum Gasteiger partial charge on any atom is 0.128 e. The summed E-state index contributed by atoms with van der Waals surface area (Å²) in [6.07, 6.45) is 3.58. The third kappa shape index (κ3) is 4.37. The van der Waals surface area contributed by atoms with Gasteiger partial charge in [-0.15, -0.1) is 5.23 Å². The van der Waals surface area contributed by atoms with Gasteiger partial charge >= 0.3 is 0 Å². The summed E-state index contributed by atoms with van der Waals surface area (Å²) in [4.78, 5) is 6.62. The Kier molecular flexibility index (Phi) is 6.52. The lowest BCUT2D eigenvalue weighted by Crippen LogP contribution is -2.27. The van der Waals surface area contributed by atoms with Crippen molar-refractivity contribution in [1.82, 2.24) is 10.1 Å². The summed E-state index contributed by atoms with van der Waals surface area (Å²) in [5.41, 5.74) is 2.23. The fourth-order valence-corrected chi connectivity index (χ4v) is 1.94. The van der Waals surface area contributed by atoms with Crippen molar-refractivity contribution in [3.05, 3.63) is 60.8 Å². The molecule has 0 aliphatic heterocycles. The number of likely N-dealkylation sites (N-methyl/N-ethyl adjacent to an activating group) is 1. The van der Waals surface area contributed by atoms with E-state index in [0.29, 0.717) is 17.5 Å². The molecule has 0 fully saturated rings. The van der Waals surface area contributed by atoms with Crippen LogP contribution in [-0.4, -0.2) is 43.1 Å². The van der Waals surface area contributed by atoms with Crippen molar-refractivity contribution in [3.8, 4) is 5.75 Å². The first-order valence-corrected chi connectivity index (χ1v) is 6.43. The number of methoxy groups -OCH3 is 1. The Labute approximate surface area is 125 Å². The number of rotatable bonds is 8. The number of hydroxylamine groups is 2. The molecule has 0 atom stereocenters. The molecule has 0 radical (unpaired) electrons. The van der Waals surface area contributed by atoms with E-state index in [1.807, 2.05) is 42.3 Å². The minimum atomic E-state index is 0.377. The molecule has 0 heterocycles. The number of allylic oxidation sites excluding steroid dienone is 2. The zero-order valence-corrected chi connectivity index (χ0v) is 12.7. The van der Waals surface area contributed by atoms with E-state index in [9.17, 15) is 5.21 Å². The van der Waals surface area contributed by atoms with Gasteiger partial charge in [-0.05, 0) is 18.2 Å². The monoisotopic (exact) mass is 290 g/mol. The van der Waals surface area contributed by atoms with Crippen LogP contribution in [0.1, 0.15) is 5.56 Å². The highest BCUT2D eigenvalue weighted by atomic mass is 16.9. The zero-order chi connectivity index (χ0) is 15.8. The average molecular weight is 290 g/mol.